The van der Waals surface area contributed by atoms with Crippen LogP contribution in [0, 0.1) is 17.8 Å². The zero-order valence-corrected chi connectivity index (χ0v) is 9.52. The fraction of sp³-hybridized carbons (Fsp3) is 1.00. The average Bonchev–Trinajstić information content (AvgIpc) is 2.12. The third-order valence-electron chi connectivity index (χ3n) is 4.63. The summed E-state index contributed by atoms with van der Waals surface area (Å²) in [5, 5.41) is 3.74. The van der Waals surface area contributed by atoms with E-state index in [0.29, 0.717) is 5.54 Å². The smallest absolute Gasteiger partial charge is 0.0348 e. The van der Waals surface area contributed by atoms with Gasteiger partial charge in [0.2, 0.25) is 0 Å². The molecule has 0 aromatic rings. The molecule has 4 fully saturated rings. The Hall–Kier alpha value is 0.250. The Kier molecular flexibility index (Phi) is 2.29. The van der Waals surface area contributed by atoms with Gasteiger partial charge >= 0.3 is 0 Å². The summed E-state index contributed by atoms with van der Waals surface area (Å²) >= 11 is 5.78. The zero-order chi connectivity index (χ0) is 9.60. The number of halogens is 1. The minimum atomic E-state index is 0.517. The van der Waals surface area contributed by atoms with E-state index in [9.17, 15) is 0 Å². The van der Waals surface area contributed by atoms with Crippen LogP contribution in [-0.4, -0.2) is 18.0 Å². The molecule has 4 aliphatic rings. The Labute approximate surface area is 91.6 Å². The highest BCUT2D eigenvalue weighted by Gasteiger charge is 2.50. The summed E-state index contributed by atoms with van der Waals surface area (Å²) in [6, 6.07) is 0. The van der Waals surface area contributed by atoms with Gasteiger partial charge in [-0.3, -0.25) is 0 Å². The SMILES string of the molecule is ClCCNC12CC3CC(CC(C3)C1)C2. The molecule has 0 saturated heterocycles. The lowest BCUT2D eigenvalue weighted by atomic mass is 9.53. The predicted molar refractivity (Wildman–Crippen MR) is 59.6 cm³/mol. The van der Waals surface area contributed by atoms with E-state index < -0.39 is 0 Å². The maximum absolute atomic E-state index is 5.78. The fourth-order valence-corrected chi connectivity index (χ4v) is 4.73. The van der Waals surface area contributed by atoms with E-state index >= 15 is 0 Å². The van der Waals surface area contributed by atoms with Crippen LogP contribution in [0.15, 0.2) is 0 Å². The Balaban J connectivity index is 1.74. The van der Waals surface area contributed by atoms with E-state index in [2.05, 4.69) is 5.32 Å². The molecule has 4 bridgehead atoms. The van der Waals surface area contributed by atoms with Crippen molar-refractivity contribution in [1.29, 1.82) is 0 Å². The maximum Gasteiger partial charge on any atom is 0.0348 e. The Morgan fingerprint density at radius 2 is 1.50 bits per heavy atom. The molecule has 0 aromatic carbocycles. The number of hydrogen-bond acceptors (Lipinski definition) is 1. The van der Waals surface area contributed by atoms with Crippen LogP contribution in [0.2, 0.25) is 0 Å². The first kappa shape index (κ1) is 9.47. The molecule has 4 aliphatic carbocycles. The van der Waals surface area contributed by atoms with Gasteiger partial charge in [0.1, 0.15) is 0 Å². The Morgan fingerprint density at radius 3 is 1.93 bits per heavy atom. The van der Waals surface area contributed by atoms with Gasteiger partial charge in [-0.1, -0.05) is 0 Å². The largest absolute Gasteiger partial charge is 0.310 e. The molecule has 0 spiro atoms. The third kappa shape index (κ3) is 1.49. The summed E-state index contributed by atoms with van der Waals surface area (Å²) in [7, 11) is 0. The summed E-state index contributed by atoms with van der Waals surface area (Å²) in [5.41, 5.74) is 0.517. The van der Waals surface area contributed by atoms with Gasteiger partial charge < -0.3 is 5.32 Å². The zero-order valence-electron chi connectivity index (χ0n) is 8.77. The lowest BCUT2D eigenvalue weighted by molar-refractivity contribution is -0.0186. The molecule has 0 aromatic heterocycles. The van der Waals surface area contributed by atoms with Crippen molar-refractivity contribution in [2.75, 3.05) is 12.4 Å². The summed E-state index contributed by atoms with van der Waals surface area (Å²) in [6.07, 6.45) is 8.91. The molecule has 0 aliphatic heterocycles. The van der Waals surface area contributed by atoms with Crippen molar-refractivity contribution >= 4 is 11.6 Å². The van der Waals surface area contributed by atoms with Gasteiger partial charge in [-0.25, -0.2) is 0 Å². The molecular formula is C12H20ClN. The van der Waals surface area contributed by atoms with Gasteiger partial charge in [0.25, 0.3) is 0 Å². The second-order valence-electron chi connectivity index (χ2n) is 5.81. The van der Waals surface area contributed by atoms with Crippen LogP contribution in [0.3, 0.4) is 0 Å². The standard InChI is InChI=1S/C12H20ClN/c13-1-2-14-12-6-9-3-10(7-12)5-11(4-9)8-12/h9-11,14H,1-8H2. The van der Waals surface area contributed by atoms with Crippen molar-refractivity contribution < 1.29 is 0 Å². The molecule has 0 amide bonds. The van der Waals surface area contributed by atoms with E-state index in [4.69, 9.17) is 11.6 Å². The van der Waals surface area contributed by atoms with Crippen molar-refractivity contribution in [1.82, 2.24) is 5.32 Å². The minimum absolute atomic E-state index is 0.517. The molecule has 0 atom stereocenters. The van der Waals surface area contributed by atoms with E-state index in [1.54, 1.807) is 0 Å². The third-order valence-corrected chi connectivity index (χ3v) is 4.82. The molecule has 4 saturated carbocycles. The second-order valence-corrected chi connectivity index (χ2v) is 6.19. The molecular weight excluding hydrogens is 194 g/mol. The van der Waals surface area contributed by atoms with Gasteiger partial charge in [0, 0.05) is 18.0 Å². The van der Waals surface area contributed by atoms with Gasteiger partial charge in [0.05, 0.1) is 0 Å². The van der Waals surface area contributed by atoms with Gasteiger partial charge in [-0.2, -0.15) is 0 Å². The predicted octanol–water partition coefficient (Wildman–Crippen LogP) is 2.78. The van der Waals surface area contributed by atoms with Crippen LogP contribution < -0.4 is 5.32 Å². The first-order chi connectivity index (χ1) is 6.80. The molecule has 14 heavy (non-hydrogen) atoms. The van der Waals surface area contributed by atoms with Gasteiger partial charge in [-0.15, -0.1) is 11.6 Å². The van der Waals surface area contributed by atoms with Crippen LogP contribution in [0.1, 0.15) is 38.5 Å². The highest BCUT2D eigenvalue weighted by atomic mass is 35.5. The summed E-state index contributed by atoms with van der Waals surface area (Å²) in [4.78, 5) is 0. The highest BCUT2D eigenvalue weighted by Crippen LogP contribution is 2.55. The fourth-order valence-electron chi connectivity index (χ4n) is 4.64. The maximum atomic E-state index is 5.78. The topological polar surface area (TPSA) is 12.0 Å². The number of rotatable bonds is 3. The number of nitrogens with one attached hydrogen (secondary N) is 1. The summed E-state index contributed by atoms with van der Waals surface area (Å²) in [6.45, 7) is 1.01. The Bertz CT molecular complexity index is 191. The van der Waals surface area contributed by atoms with Crippen LogP contribution in [0.4, 0.5) is 0 Å². The molecule has 0 heterocycles. The van der Waals surface area contributed by atoms with Crippen molar-refractivity contribution in [3.63, 3.8) is 0 Å². The van der Waals surface area contributed by atoms with Crippen molar-refractivity contribution in [3.05, 3.63) is 0 Å². The molecule has 4 rings (SSSR count). The van der Waals surface area contributed by atoms with E-state index in [1.807, 2.05) is 0 Å². The van der Waals surface area contributed by atoms with Gasteiger partial charge in [0.15, 0.2) is 0 Å². The normalized spacial score (nSPS) is 49.9. The average molecular weight is 214 g/mol. The van der Waals surface area contributed by atoms with E-state index in [-0.39, 0.29) is 0 Å². The van der Waals surface area contributed by atoms with Crippen LogP contribution >= 0.6 is 11.6 Å². The van der Waals surface area contributed by atoms with Crippen LogP contribution in [0.25, 0.3) is 0 Å². The van der Waals surface area contributed by atoms with Crippen molar-refractivity contribution in [2.45, 2.75) is 44.1 Å². The molecule has 1 N–H and O–H groups in total. The van der Waals surface area contributed by atoms with E-state index in [0.717, 1.165) is 30.2 Å². The lowest BCUT2D eigenvalue weighted by Crippen LogP contribution is -2.58. The second kappa shape index (κ2) is 3.38. The molecule has 2 heteroatoms. The van der Waals surface area contributed by atoms with Crippen LogP contribution in [0.5, 0.6) is 0 Å². The first-order valence-corrected chi connectivity index (χ1v) is 6.64. The summed E-state index contributed by atoms with van der Waals surface area (Å²) in [5.74, 6) is 3.90. The first-order valence-electron chi connectivity index (χ1n) is 6.11. The molecule has 0 unspecified atom stereocenters. The van der Waals surface area contributed by atoms with Crippen LogP contribution in [-0.2, 0) is 0 Å². The highest BCUT2D eigenvalue weighted by molar-refractivity contribution is 6.18. The number of alkyl halides is 1. The quantitative estimate of drug-likeness (QED) is 0.711. The molecule has 0 radical (unpaired) electrons. The van der Waals surface area contributed by atoms with Gasteiger partial charge in [-0.05, 0) is 56.3 Å². The number of hydrogen-bond donors (Lipinski definition) is 1. The Morgan fingerprint density at radius 1 is 1.00 bits per heavy atom. The lowest BCUT2D eigenvalue weighted by Gasteiger charge is -2.57. The minimum Gasteiger partial charge on any atom is -0.310 e. The summed E-state index contributed by atoms with van der Waals surface area (Å²) < 4.78 is 0. The van der Waals surface area contributed by atoms with Crippen molar-refractivity contribution in [2.24, 2.45) is 17.8 Å². The van der Waals surface area contributed by atoms with Crippen molar-refractivity contribution in [3.8, 4) is 0 Å². The molecule has 80 valence electrons. The van der Waals surface area contributed by atoms with E-state index in [1.165, 1.54) is 38.5 Å². The molecule has 1 nitrogen and oxygen atoms in total. The monoisotopic (exact) mass is 213 g/mol.